The van der Waals surface area contributed by atoms with Crippen molar-refractivity contribution in [3.8, 4) is 17.3 Å². The molecule has 0 spiro atoms. The molecule has 19 heavy (non-hydrogen) atoms. The summed E-state index contributed by atoms with van der Waals surface area (Å²) in [5.41, 5.74) is 6.32. The molecule has 102 valence electrons. The number of aromatic nitrogens is 3. The smallest absolute Gasteiger partial charge is 0.246 e. The van der Waals surface area contributed by atoms with Crippen LogP contribution >= 0.6 is 0 Å². The molecule has 2 N–H and O–H groups in total. The summed E-state index contributed by atoms with van der Waals surface area (Å²) in [7, 11) is 1.57. The topological polar surface area (TPSA) is 87.1 Å². The summed E-state index contributed by atoms with van der Waals surface area (Å²) < 4.78 is 10.2. The second kappa shape index (κ2) is 5.36. The molecule has 0 fully saturated rings. The number of rotatable bonds is 5. The van der Waals surface area contributed by atoms with Gasteiger partial charge in [0.05, 0.1) is 12.6 Å². The first-order valence-corrected chi connectivity index (χ1v) is 6.20. The fraction of sp³-hybridized carbons (Fsp3) is 0.462. The van der Waals surface area contributed by atoms with Crippen LogP contribution in [0.3, 0.4) is 0 Å². The van der Waals surface area contributed by atoms with Gasteiger partial charge in [0.15, 0.2) is 0 Å². The maximum atomic E-state index is 6.15. The van der Waals surface area contributed by atoms with E-state index in [1.54, 1.807) is 19.4 Å². The van der Waals surface area contributed by atoms with E-state index in [1.807, 2.05) is 13.0 Å². The minimum Gasteiger partial charge on any atom is -0.481 e. The summed E-state index contributed by atoms with van der Waals surface area (Å²) in [6, 6.07) is 3.58. The van der Waals surface area contributed by atoms with Crippen molar-refractivity contribution in [3.63, 3.8) is 0 Å². The molecule has 2 aromatic rings. The van der Waals surface area contributed by atoms with E-state index in [-0.39, 0.29) is 0 Å². The highest BCUT2D eigenvalue weighted by Gasteiger charge is 2.27. The number of ether oxygens (including phenoxy) is 1. The molecule has 0 amide bonds. The molecule has 0 aliphatic heterocycles. The Hall–Kier alpha value is -1.95. The van der Waals surface area contributed by atoms with Crippen LogP contribution in [0.25, 0.3) is 11.4 Å². The van der Waals surface area contributed by atoms with Crippen LogP contribution in [0.4, 0.5) is 0 Å². The van der Waals surface area contributed by atoms with Crippen molar-refractivity contribution in [1.29, 1.82) is 0 Å². The van der Waals surface area contributed by atoms with Crippen LogP contribution in [-0.2, 0) is 5.54 Å². The average Bonchev–Trinajstić information content (AvgIpc) is 2.89. The third-order valence-electron chi connectivity index (χ3n) is 2.89. The number of hydrogen-bond donors (Lipinski definition) is 1. The predicted octanol–water partition coefficient (Wildman–Crippen LogP) is 2.11. The monoisotopic (exact) mass is 262 g/mol. The molecule has 2 aromatic heterocycles. The Kier molecular flexibility index (Phi) is 3.80. The Balaban J connectivity index is 2.25. The van der Waals surface area contributed by atoms with Crippen molar-refractivity contribution in [2.75, 3.05) is 7.11 Å². The first-order valence-electron chi connectivity index (χ1n) is 6.20. The van der Waals surface area contributed by atoms with Crippen LogP contribution in [0.1, 0.15) is 32.6 Å². The second-order valence-corrected chi connectivity index (χ2v) is 4.68. The first kappa shape index (κ1) is 13.5. The van der Waals surface area contributed by atoms with Gasteiger partial charge in [-0.3, -0.25) is 0 Å². The Morgan fingerprint density at radius 2 is 2.21 bits per heavy atom. The van der Waals surface area contributed by atoms with Gasteiger partial charge in [-0.05, 0) is 19.4 Å². The third kappa shape index (κ3) is 2.90. The highest BCUT2D eigenvalue weighted by atomic mass is 16.5. The van der Waals surface area contributed by atoms with E-state index in [0.717, 1.165) is 18.4 Å². The summed E-state index contributed by atoms with van der Waals surface area (Å²) in [5.74, 6) is 1.47. The molecule has 2 rings (SSSR count). The molecule has 0 radical (unpaired) electrons. The number of nitrogens with zero attached hydrogens (tertiary/aromatic N) is 3. The van der Waals surface area contributed by atoms with Crippen LogP contribution in [0.2, 0.25) is 0 Å². The van der Waals surface area contributed by atoms with Crippen LogP contribution in [0.5, 0.6) is 5.88 Å². The largest absolute Gasteiger partial charge is 0.481 e. The number of nitrogens with two attached hydrogens (primary N) is 1. The molecule has 1 atom stereocenters. The molecular formula is C13H18N4O2. The van der Waals surface area contributed by atoms with E-state index in [9.17, 15) is 0 Å². The normalized spacial score (nSPS) is 14.1. The molecule has 6 nitrogen and oxygen atoms in total. The Labute approximate surface area is 112 Å². The van der Waals surface area contributed by atoms with E-state index in [1.165, 1.54) is 0 Å². The Morgan fingerprint density at radius 3 is 2.79 bits per heavy atom. The highest BCUT2D eigenvalue weighted by molar-refractivity contribution is 5.53. The molecule has 0 saturated carbocycles. The summed E-state index contributed by atoms with van der Waals surface area (Å²) in [6.45, 7) is 3.95. The quantitative estimate of drug-likeness (QED) is 0.888. The van der Waals surface area contributed by atoms with E-state index in [0.29, 0.717) is 17.6 Å². The molecule has 0 bridgehead atoms. The molecule has 0 aliphatic rings. The van der Waals surface area contributed by atoms with Crippen molar-refractivity contribution >= 4 is 0 Å². The number of hydrogen-bond acceptors (Lipinski definition) is 6. The molecule has 2 heterocycles. The van der Waals surface area contributed by atoms with Gasteiger partial charge < -0.3 is 15.0 Å². The zero-order chi connectivity index (χ0) is 13.9. The third-order valence-corrected chi connectivity index (χ3v) is 2.89. The van der Waals surface area contributed by atoms with Crippen molar-refractivity contribution in [2.45, 2.75) is 32.2 Å². The van der Waals surface area contributed by atoms with Gasteiger partial charge in [-0.1, -0.05) is 18.5 Å². The van der Waals surface area contributed by atoms with Crippen molar-refractivity contribution in [3.05, 3.63) is 24.2 Å². The fourth-order valence-corrected chi connectivity index (χ4v) is 1.83. The minimum absolute atomic E-state index is 0.445. The van der Waals surface area contributed by atoms with Gasteiger partial charge in [-0.15, -0.1) is 0 Å². The molecule has 0 aliphatic carbocycles. The zero-order valence-electron chi connectivity index (χ0n) is 11.4. The minimum atomic E-state index is -0.597. The second-order valence-electron chi connectivity index (χ2n) is 4.68. The summed E-state index contributed by atoms with van der Waals surface area (Å²) >= 11 is 0. The summed E-state index contributed by atoms with van der Waals surface area (Å²) in [6.07, 6.45) is 3.38. The summed E-state index contributed by atoms with van der Waals surface area (Å²) in [5, 5.41) is 3.94. The van der Waals surface area contributed by atoms with E-state index >= 15 is 0 Å². The SMILES string of the molecule is CCCC(C)(N)c1nc(-c2ccc(OC)nc2)no1. The van der Waals surface area contributed by atoms with Crippen molar-refractivity contribution < 1.29 is 9.26 Å². The maximum absolute atomic E-state index is 6.15. The zero-order valence-corrected chi connectivity index (χ0v) is 11.4. The first-order chi connectivity index (χ1) is 9.06. The Bertz CT molecular complexity index is 534. The highest BCUT2D eigenvalue weighted by Crippen LogP contribution is 2.24. The van der Waals surface area contributed by atoms with E-state index in [4.69, 9.17) is 15.0 Å². The van der Waals surface area contributed by atoms with Crippen LogP contribution in [0.15, 0.2) is 22.9 Å². The molecule has 6 heteroatoms. The van der Waals surface area contributed by atoms with Crippen molar-refractivity contribution in [1.82, 2.24) is 15.1 Å². The molecule has 0 saturated heterocycles. The van der Waals surface area contributed by atoms with Gasteiger partial charge in [0, 0.05) is 17.8 Å². The van der Waals surface area contributed by atoms with Gasteiger partial charge in [-0.2, -0.15) is 4.98 Å². The lowest BCUT2D eigenvalue weighted by Gasteiger charge is -2.18. The molecular weight excluding hydrogens is 244 g/mol. The molecule has 1 unspecified atom stereocenters. The molecule has 0 aromatic carbocycles. The maximum Gasteiger partial charge on any atom is 0.246 e. The van der Waals surface area contributed by atoms with Crippen LogP contribution < -0.4 is 10.5 Å². The van der Waals surface area contributed by atoms with Crippen LogP contribution in [-0.4, -0.2) is 22.2 Å². The lowest BCUT2D eigenvalue weighted by Crippen LogP contribution is -2.33. The lowest BCUT2D eigenvalue weighted by atomic mass is 9.98. The van der Waals surface area contributed by atoms with Gasteiger partial charge in [0.1, 0.15) is 0 Å². The predicted molar refractivity (Wildman–Crippen MR) is 70.5 cm³/mol. The van der Waals surface area contributed by atoms with Gasteiger partial charge in [0.2, 0.25) is 17.6 Å². The summed E-state index contributed by atoms with van der Waals surface area (Å²) in [4.78, 5) is 8.45. The van der Waals surface area contributed by atoms with Gasteiger partial charge in [-0.25, -0.2) is 4.98 Å². The number of pyridine rings is 1. The van der Waals surface area contributed by atoms with Crippen LogP contribution in [0, 0.1) is 0 Å². The van der Waals surface area contributed by atoms with Gasteiger partial charge in [0.25, 0.3) is 0 Å². The van der Waals surface area contributed by atoms with E-state index in [2.05, 4.69) is 22.0 Å². The fourth-order valence-electron chi connectivity index (χ4n) is 1.83. The standard InChI is InChI=1S/C13H18N4O2/c1-4-7-13(2,14)12-16-11(17-19-12)9-5-6-10(18-3)15-8-9/h5-6,8H,4,7,14H2,1-3H3. The Morgan fingerprint density at radius 1 is 1.42 bits per heavy atom. The van der Waals surface area contributed by atoms with Crippen molar-refractivity contribution in [2.24, 2.45) is 5.73 Å². The van der Waals surface area contributed by atoms with Gasteiger partial charge >= 0.3 is 0 Å². The number of methoxy groups -OCH3 is 1. The average molecular weight is 262 g/mol. The lowest BCUT2D eigenvalue weighted by molar-refractivity contribution is 0.284. The van der Waals surface area contributed by atoms with E-state index < -0.39 is 5.54 Å².